The lowest BCUT2D eigenvalue weighted by molar-refractivity contribution is 0.0697. The average Bonchev–Trinajstić information content (AvgIpc) is 3.23. The van der Waals surface area contributed by atoms with Crippen LogP contribution in [-0.4, -0.2) is 48.2 Å². The Hall–Kier alpha value is -1.26. The first-order valence-corrected chi connectivity index (χ1v) is 7.05. The largest absolute Gasteiger partial charge is 0.478 e. The van der Waals surface area contributed by atoms with E-state index in [2.05, 4.69) is 9.80 Å². The van der Waals surface area contributed by atoms with Crippen LogP contribution in [0.2, 0.25) is 5.02 Å². The molecule has 2 fully saturated rings. The Kier molecular flexibility index (Phi) is 3.37. The molecule has 5 heteroatoms. The van der Waals surface area contributed by atoms with E-state index in [-0.39, 0.29) is 0 Å². The molecular formula is C14H17ClN2O2. The van der Waals surface area contributed by atoms with Gasteiger partial charge < -0.3 is 10.0 Å². The van der Waals surface area contributed by atoms with E-state index in [9.17, 15) is 9.90 Å². The quantitative estimate of drug-likeness (QED) is 0.923. The van der Waals surface area contributed by atoms with E-state index in [0.29, 0.717) is 10.6 Å². The van der Waals surface area contributed by atoms with Crippen molar-refractivity contribution in [2.24, 2.45) is 0 Å². The number of carbonyl (C=O) groups is 1. The number of rotatable bonds is 3. The van der Waals surface area contributed by atoms with Crippen LogP contribution < -0.4 is 4.90 Å². The molecule has 0 bridgehead atoms. The number of piperazine rings is 1. The first-order valence-electron chi connectivity index (χ1n) is 6.67. The summed E-state index contributed by atoms with van der Waals surface area (Å²) in [5.74, 6) is -0.892. The summed E-state index contributed by atoms with van der Waals surface area (Å²) < 4.78 is 0. The summed E-state index contributed by atoms with van der Waals surface area (Å²) in [4.78, 5) is 15.9. The lowest BCUT2D eigenvalue weighted by Gasteiger charge is -2.36. The number of anilines is 1. The molecule has 1 N–H and O–H groups in total. The highest BCUT2D eigenvalue weighted by atomic mass is 35.5. The molecule has 0 radical (unpaired) electrons. The number of hydrogen-bond donors (Lipinski definition) is 1. The molecule has 1 saturated heterocycles. The summed E-state index contributed by atoms with van der Waals surface area (Å²) in [6.45, 7) is 3.76. The maximum Gasteiger partial charge on any atom is 0.337 e. The van der Waals surface area contributed by atoms with Crippen molar-refractivity contribution in [2.45, 2.75) is 18.9 Å². The van der Waals surface area contributed by atoms with Gasteiger partial charge in [0, 0.05) is 37.2 Å². The molecule has 1 aliphatic carbocycles. The fraction of sp³-hybridized carbons (Fsp3) is 0.500. The van der Waals surface area contributed by atoms with E-state index < -0.39 is 5.97 Å². The molecule has 2 aliphatic rings. The van der Waals surface area contributed by atoms with Gasteiger partial charge in [-0.25, -0.2) is 4.79 Å². The van der Waals surface area contributed by atoms with Crippen LogP contribution in [0.25, 0.3) is 0 Å². The molecule has 0 spiro atoms. The second-order valence-corrected chi connectivity index (χ2v) is 5.66. The second-order valence-electron chi connectivity index (χ2n) is 5.22. The van der Waals surface area contributed by atoms with Gasteiger partial charge >= 0.3 is 5.97 Å². The van der Waals surface area contributed by atoms with Crippen LogP contribution in [0.3, 0.4) is 0 Å². The molecule has 1 aromatic rings. The molecule has 0 atom stereocenters. The third kappa shape index (κ3) is 2.69. The monoisotopic (exact) mass is 280 g/mol. The van der Waals surface area contributed by atoms with Gasteiger partial charge in [-0.15, -0.1) is 0 Å². The van der Waals surface area contributed by atoms with E-state index in [4.69, 9.17) is 11.6 Å². The molecule has 1 aliphatic heterocycles. The van der Waals surface area contributed by atoms with Crippen molar-refractivity contribution in [3.05, 3.63) is 28.8 Å². The zero-order chi connectivity index (χ0) is 13.4. The lowest BCUT2D eigenvalue weighted by Crippen LogP contribution is -2.47. The molecule has 3 rings (SSSR count). The molecule has 0 unspecified atom stereocenters. The van der Waals surface area contributed by atoms with Crippen LogP contribution in [0.15, 0.2) is 18.2 Å². The van der Waals surface area contributed by atoms with Crippen molar-refractivity contribution in [1.82, 2.24) is 4.90 Å². The van der Waals surface area contributed by atoms with Crippen molar-refractivity contribution in [3.8, 4) is 0 Å². The summed E-state index contributed by atoms with van der Waals surface area (Å²) in [6, 6.07) is 5.76. The minimum atomic E-state index is -0.892. The maximum absolute atomic E-state index is 11.3. The highest BCUT2D eigenvalue weighted by Gasteiger charge is 2.31. The van der Waals surface area contributed by atoms with Gasteiger partial charge in [-0.2, -0.15) is 0 Å². The predicted molar refractivity (Wildman–Crippen MR) is 75.2 cm³/mol. The van der Waals surface area contributed by atoms with Crippen LogP contribution in [-0.2, 0) is 0 Å². The number of aromatic carboxylic acids is 1. The molecule has 1 heterocycles. The van der Waals surface area contributed by atoms with Gasteiger partial charge in [0.05, 0.1) is 11.3 Å². The van der Waals surface area contributed by atoms with Gasteiger partial charge in [0.2, 0.25) is 0 Å². The molecule has 1 saturated carbocycles. The number of halogens is 1. The van der Waals surface area contributed by atoms with Gasteiger partial charge in [-0.1, -0.05) is 11.6 Å². The van der Waals surface area contributed by atoms with E-state index in [1.165, 1.54) is 12.8 Å². The van der Waals surface area contributed by atoms with Crippen molar-refractivity contribution >= 4 is 23.3 Å². The van der Waals surface area contributed by atoms with Crippen molar-refractivity contribution in [2.75, 3.05) is 31.1 Å². The normalized spacial score (nSPS) is 20.6. The Morgan fingerprint density at radius 3 is 2.47 bits per heavy atom. The van der Waals surface area contributed by atoms with Crippen LogP contribution in [0.5, 0.6) is 0 Å². The van der Waals surface area contributed by atoms with Crippen LogP contribution in [0, 0.1) is 0 Å². The third-order valence-electron chi connectivity index (χ3n) is 3.91. The van der Waals surface area contributed by atoms with E-state index in [1.54, 1.807) is 18.2 Å². The second kappa shape index (κ2) is 5.02. The predicted octanol–water partition coefficient (Wildman–Crippen LogP) is 2.32. The number of nitrogens with zero attached hydrogens (tertiary/aromatic N) is 2. The molecule has 102 valence electrons. The number of carboxylic acid groups (broad SMARTS) is 1. The fourth-order valence-electron chi connectivity index (χ4n) is 2.71. The Morgan fingerprint density at radius 1 is 1.21 bits per heavy atom. The smallest absolute Gasteiger partial charge is 0.337 e. The van der Waals surface area contributed by atoms with Crippen molar-refractivity contribution in [1.29, 1.82) is 0 Å². The summed E-state index contributed by atoms with van der Waals surface area (Å²) >= 11 is 6.00. The van der Waals surface area contributed by atoms with Gasteiger partial charge in [0.25, 0.3) is 0 Å². The Balaban J connectivity index is 1.78. The van der Waals surface area contributed by atoms with Crippen LogP contribution in [0.1, 0.15) is 23.2 Å². The number of benzene rings is 1. The summed E-state index contributed by atoms with van der Waals surface area (Å²) in [5, 5.41) is 9.84. The Labute approximate surface area is 117 Å². The molecule has 19 heavy (non-hydrogen) atoms. The van der Waals surface area contributed by atoms with Gasteiger partial charge in [-0.05, 0) is 31.0 Å². The molecule has 1 aromatic carbocycles. The number of hydrogen-bond acceptors (Lipinski definition) is 3. The SMILES string of the molecule is O=C(O)c1ccc(Cl)cc1N1CCN(C2CC2)CC1. The third-order valence-corrected chi connectivity index (χ3v) is 4.14. The minimum absolute atomic E-state index is 0.337. The zero-order valence-electron chi connectivity index (χ0n) is 10.7. The average molecular weight is 281 g/mol. The molecular weight excluding hydrogens is 264 g/mol. The summed E-state index contributed by atoms with van der Waals surface area (Å²) in [5.41, 5.74) is 1.08. The summed E-state index contributed by atoms with van der Waals surface area (Å²) in [6.07, 6.45) is 2.63. The number of carboxylic acids is 1. The highest BCUT2D eigenvalue weighted by molar-refractivity contribution is 6.31. The van der Waals surface area contributed by atoms with Crippen LogP contribution >= 0.6 is 11.6 Å². The highest BCUT2D eigenvalue weighted by Crippen LogP contribution is 2.30. The van der Waals surface area contributed by atoms with Crippen molar-refractivity contribution < 1.29 is 9.90 Å². The van der Waals surface area contributed by atoms with E-state index >= 15 is 0 Å². The van der Waals surface area contributed by atoms with Gasteiger partial charge in [-0.3, -0.25) is 4.90 Å². The first kappa shape index (κ1) is 12.8. The van der Waals surface area contributed by atoms with Gasteiger partial charge in [0.1, 0.15) is 0 Å². The van der Waals surface area contributed by atoms with E-state index in [0.717, 1.165) is 37.9 Å². The zero-order valence-corrected chi connectivity index (χ0v) is 11.4. The van der Waals surface area contributed by atoms with Crippen LogP contribution in [0.4, 0.5) is 5.69 Å². The standard InChI is InChI=1S/C14H17ClN2O2/c15-10-1-4-12(14(18)19)13(9-10)17-7-5-16(6-8-17)11-2-3-11/h1,4,9,11H,2-3,5-8H2,(H,18,19). The molecule has 0 aromatic heterocycles. The lowest BCUT2D eigenvalue weighted by atomic mass is 10.1. The summed E-state index contributed by atoms with van der Waals surface area (Å²) in [7, 11) is 0. The Morgan fingerprint density at radius 2 is 1.89 bits per heavy atom. The maximum atomic E-state index is 11.3. The fourth-order valence-corrected chi connectivity index (χ4v) is 2.88. The first-order chi connectivity index (χ1) is 9.15. The topological polar surface area (TPSA) is 43.8 Å². The molecule has 4 nitrogen and oxygen atoms in total. The van der Waals surface area contributed by atoms with E-state index in [1.807, 2.05) is 0 Å². The van der Waals surface area contributed by atoms with Gasteiger partial charge in [0.15, 0.2) is 0 Å². The Bertz CT molecular complexity index is 494. The molecule has 0 amide bonds. The van der Waals surface area contributed by atoms with Crippen molar-refractivity contribution in [3.63, 3.8) is 0 Å². The minimum Gasteiger partial charge on any atom is -0.478 e.